The molecule has 0 spiro atoms. The number of benzene rings is 3. The lowest BCUT2D eigenvalue weighted by atomic mass is 9.69. The first-order valence-corrected chi connectivity index (χ1v) is 14.6. The van der Waals surface area contributed by atoms with Gasteiger partial charge in [0.15, 0.2) is 5.78 Å². The first-order valence-electron chi connectivity index (χ1n) is 13.7. The molecule has 2 aliphatic rings. The molecule has 1 aliphatic heterocycles. The van der Waals surface area contributed by atoms with Crippen LogP contribution in [0.2, 0.25) is 0 Å². The van der Waals surface area contributed by atoms with E-state index in [2.05, 4.69) is 10.6 Å². The van der Waals surface area contributed by atoms with Crippen LogP contribution in [-0.2, 0) is 10.3 Å². The lowest BCUT2D eigenvalue weighted by molar-refractivity contribution is -0.124. The minimum atomic E-state index is -1.60. The number of aryl methyl sites for hydroxylation is 1. The lowest BCUT2D eigenvalue weighted by Crippen LogP contribution is -2.53. The van der Waals surface area contributed by atoms with Gasteiger partial charge in [-0.2, -0.15) is 0 Å². The van der Waals surface area contributed by atoms with E-state index >= 15 is 0 Å². The molecular formula is C31H32N6O4S. The number of anilines is 1. The van der Waals surface area contributed by atoms with E-state index in [0.717, 1.165) is 19.4 Å². The number of Topliss-reactive ketones (excluding diaryl/α,β-unsaturated/α-hetero) is 1. The van der Waals surface area contributed by atoms with Gasteiger partial charge >= 0.3 is 0 Å². The summed E-state index contributed by atoms with van der Waals surface area (Å²) >= 11 is 1.24. The first kappa shape index (κ1) is 27.9. The van der Waals surface area contributed by atoms with Crippen molar-refractivity contribution in [2.45, 2.75) is 37.4 Å². The Balaban J connectivity index is 1.43. The molecule has 3 aromatic carbocycles. The zero-order chi connectivity index (χ0) is 29.8. The van der Waals surface area contributed by atoms with Crippen LogP contribution in [0.25, 0.3) is 10.1 Å². The van der Waals surface area contributed by atoms with E-state index in [-0.39, 0.29) is 17.5 Å². The zero-order valence-electron chi connectivity index (χ0n) is 23.0. The molecule has 216 valence electrons. The van der Waals surface area contributed by atoms with Crippen LogP contribution in [0.4, 0.5) is 5.69 Å². The van der Waals surface area contributed by atoms with Gasteiger partial charge in [-0.3, -0.25) is 14.4 Å². The van der Waals surface area contributed by atoms with Gasteiger partial charge in [0.25, 0.3) is 11.8 Å². The normalized spacial score (nSPS) is 21.7. The van der Waals surface area contributed by atoms with Gasteiger partial charge < -0.3 is 38.3 Å². The van der Waals surface area contributed by atoms with Crippen molar-refractivity contribution in [3.63, 3.8) is 0 Å². The average molecular weight is 585 g/mol. The van der Waals surface area contributed by atoms with E-state index in [1.807, 2.05) is 6.92 Å². The quantitative estimate of drug-likeness (QED) is 0.187. The Hall–Kier alpha value is -4.29. The third-order valence-corrected chi connectivity index (χ3v) is 9.41. The molecule has 42 heavy (non-hydrogen) atoms. The molecule has 3 unspecified atom stereocenters. The first-order chi connectivity index (χ1) is 20.1. The Morgan fingerprint density at radius 3 is 2.60 bits per heavy atom. The molecule has 0 radical (unpaired) electrons. The third-order valence-electron chi connectivity index (χ3n) is 8.15. The van der Waals surface area contributed by atoms with Crippen molar-refractivity contribution >= 4 is 44.7 Å². The van der Waals surface area contributed by atoms with E-state index in [1.54, 1.807) is 54.6 Å². The number of ether oxygens (including phenoxy) is 1. The van der Waals surface area contributed by atoms with Gasteiger partial charge in [-0.25, -0.2) is 0 Å². The molecule has 3 atom stereocenters. The Kier molecular flexibility index (Phi) is 6.98. The van der Waals surface area contributed by atoms with Gasteiger partial charge in [0, 0.05) is 29.2 Å². The Labute approximate surface area is 246 Å². The van der Waals surface area contributed by atoms with Gasteiger partial charge in [-0.05, 0) is 73.3 Å². The summed E-state index contributed by atoms with van der Waals surface area (Å²) in [5, 5.41) is 7.04. The largest absolute Gasteiger partial charge is 0.457 e. The molecule has 4 aromatic rings. The van der Waals surface area contributed by atoms with Crippen LogP contribution in [0.3, 0.4) is 0 Å². The highest BCUT2D eigenvalue weighted by molar-refractivity contribution is 7.21. The third kappa shape index (κ3) is 4.42. The smallest absolute Gasteiger partial charge is 0.262 e. The number of ketones is 1. The highest BCUT2D eigenvalue weighted by atomic mass is 32.1. The van der Waals surface area contributed by atoms with E-state index in [0.29, 0.717) is 60.9 Å². The van der Waals surface area contributed by atoms with Crippen LogP contribution in [-0.4, -0.2) is 36.7 Å². The molecule has 1 fully saturated rings. The number of nitrogens with two attached hydrogens (primary N) is 4. The number of nitrogen functional groups attached to an aromatic ring is 1. The van der Waals surface area contributed by atoms with Gasteiger partial charge in [0.1, 0.15) is 17.0 Å². The maximum atomic E-state index is 14.1. The number of nitrogens with one attached hydrogen (secondary N) is 2. The number of thiophene rings is 1. The fraction of sp³-hybridized carbons (Fsp3) is 0.258. The summed E-state index contributed by atoms with van der Waals surface area (Å²) in [7, 11) is 0. The molecule has 10 nitrogen and oxygen atoms in total. The van der Waals surface area contributed by atoms with Crippen molar-refractivity contribution < 1.29 is 19.1 Å². The minimum Gasteiger partial charge on any atom is -0.457 e. The Morgan fingerprint density at radius 2 is 1.88 bits per heavy atom. The second-order valence-electron chi connectivity index (χ2n) is 10.9. The van der Waals surface area contributed by atoms with Gasteiger partial charge in [0.05, 0.1) is 21.2 Å². The zero-order valence-corrected chi connectivity index (χ0v) is 23.8. The second-order valence-corrected chi connectivity index (χ2v) is 11.9. The lowest BCUT2D eigenvalue weighted by Gasteiger charge is -2.37. The predicted molar refractivity (Wildman–Crippen MR) is 163 cm³/mol. The molecule has 2 amide bonds. The molecule has 2 heterocycles. The number of para-hydroxylation sites is 1. The summed E-state index contributed by atoms with van der Waals surface area (Å²) in [5.41, 5.74) is 26.9. The molecule has 1 aliphatic carbocycles. The number of rotatable bonds is 6. The maximum Gasteiger partial charge on any atom is 0.262 e. The summed E-state index contributed by atoms with van der Waals surface area (Å²) in [5.74, 6) is -0.552. The van der Waals surface area contributed by atoms with Crippen LogP contribution in [0, 0.1) is 6.92 Å². The Morgan fingerprint density at radius 1 is 1.12 bits per heavy atom. The molecule has 10 N–H and O–H groups in total. The Bertz CT molecular complexity index is 1760. The van der Waals surface area contributed by atoms with Gasteiger partial charge in [0.2, 0.25) is 0 Å². The SMILES string of the molecule is Cc1cc(Oc2ccccc2C(N)=O)ccc1C1(N)C(=O)C(N)c2c(C(=O)NC3CCCNC3)sc3c(N)ccc1c23. The van der Waals surface area contributed by atoms with Gasteiger partial charge in [-0.1, -0.05) is 24.3 Å². The van der Waals surface area contributed by atoms with Crippen molar-refractivity contribution in [3.05, 3.63) is 87.3 Å². The summed E-state index contributed by atoms with van der Waals surface area (Å²) in [6.07, 6.45) is 1.84. The van der Waals surface area contributed by atoms with E-state index in [9.17, 15) is 14.4 Å². The fourth-order valence-electron chi connectivity index (χ4n) is 6.08. The molecule has 0 saturated carbocycles. The molecule has 0 bridgehead atoms. The van der Waals surface area contributed by atoms with Crippen LogP contribution in [0.1, 0.15) is 61.2 Å². The highest BCUT2D eigenvalue weighted by Gasteiger charge is 2.49. The fourth-order valence-corrected chi connectivity index (χ4v) is 7.28. The number of carbonyl (C=O) groups excluding carboxylic acids is 3. The van der Waals surface area contributed by atoms with Crippen molar-refractivity contribution in [1.82, 2.24) is 10.6 Å². The molecular weight excluding hydrogens is 552 g/mol. The summed E-state index contributed by atoms with van der Waals surface area (Å²) in [6.45, 7) is 3.43. The number of hydrogen-bond acceptors (Lipinski definition) is 9. The van der Waals surface area contributed by atoms with Gasteiger partial charge in [-0.15, -0.1) is 11.3 Å². The molecule has 11 heteroatoms. The molecule has 1 aromatic heterocycles. The van der Waals surface area contributed by atoms with E-state index in [1.165, 1.54) is 11.3 Å². The monoisotopic (exact) mass is 584 g/mol. The second kappa shape index (κ2) is 10.5. The highest BCUT2D eigenvalue weighted by Crippen LogP contribution is 2.50. The molecule has 1 saturated heterocycles. The van der Waals surface area contributed by atoms with E-state index < -0.39 is 23.3 Å². The number of amides is 2. The van der Waals surface area contributed by atoms with Crippen molar-refractivity contribution in [3.8, 4) is 11.5 Å². The minimum absolute atomic E-state index is 0.0112. The summed E-state index contributed by atoms with van der Waals surface area (Å²) in [6, 6.07) is 14.1. The average Bonchev–Trinajstić information content (AvgIpc) is 3.38. The summed E-state index contributed by atoms with van der Waals surface area (Å²) < 4.78 is 6.66. The van der Waals surface area contributed by atoms with Crippen LogP contribution >= 0.6 is 11.3 Å². The van der Waals surface area contributed by atoms with E-state index in [4.69, 9.17) is 27.7 Å². The van der Waals surface area contributed by atoms with Crippen LogP contribution < -0.4 is 38.3 Å². The molecule has 6 rings (SSSR count). The maximum absolute atomic E-state index is 14.1. The standard InChI is InChI=1S/C31H32N6O4S/c1-15-13-17(41-22-7-3-2-6-18(22)29(34)39)8-9-19(15)31(35)20-10-11-21(32)26-23(20)24(25(33)28(31)38)27(42-26)30(40)37-16-5-4-12-36-14-16/h2-3,6-11,13,16,25,36H,4-5,12,14,32-33,35H2,1H3,(H2,34,39)(H,37,40). The van der Waals surface area contributed by atoms with Crippen LogP contribution in [0.5, 0.6) is 11.5 Å². The van der Waals surface area contributed by atoms with Crippen molar-refractivity contribution in [2.24, 2.45) is 17.2 Å². The van der Waals surface area contributed by atoms with Crippen LogP contribution in [0.15, 0.2) is 54.6 Å². The summed E-state index contributed by atoms with van der Waals surface area (Å²) in [4.78, 5) is 39.9. The number of hydrogen-bond donors (Lipinski definition) is 6. The topological polar surface area (TPSA) is 189 Å². The number of carbonyl (C=O) groups is 3. The number of piperidine rings is 1. The van der Waals surface area contributed by atoms with Crippen molar-refractivity contribution in [1.29, 1.82) is 0 Å². The predicted octanol–water partition coefficient (Wildman–Crippen LogP) is 2.95. The number of primary amides is 1. The van der Waals surface area contributed by atoms with Crippen molar-refractivity contribution in [2.75, 3.05) is 18.8 Å².